The molecule has 0 radical (unpaired) electrons. The van der Waals surface area contributed by atoms with Crippen molar-refractivity contribution in [2.45, 2.75) is 0 Å². The average Bonchev–Trinajstić information content (AvgIpc) is 2.97. The van der Waals surface area contributed by atoms with Gasteiger partial charge in [-0.2, -0.15) is 0 Å². The normalized spacial score (nSPS) is 10.8. The molecule has 0 fully saturated rings. The van der Waals surface area contributed by atoms with E-state index in [1.807, 2.05) is 37.2 Å². The fraction of sp³-hybridized carbons (Fsp3) is 0.118. The quantitative estimate of drug-likeness (QED) is 0.674. The number of nitrogens with zero attached hydrogens (tertiary/aromatic N) is 2. The van der Waals surface area contributed by atoms with E-state index in [0.717, 1.165) is 22.5 Å². The van der Waals surface area contributed by atoms with Crippen LogP contribution in [0.4, 0.5) is 5.95 Å². The summed E-state index contributed by atoms with van der Waals surface area (Å²) < 4.78 is 0. The summed E-state index contributed by atoms with van der Waals surface area (Å²) in [6.45, 7) is 0. The Morgan fingerprint density at radius 2 is 1.79 bits per heavy atom. The summed E-state index contributed by atoms with van der Waals surface area (Å²) in [6.07, 6.45) is 0. The third-order valence-corrected chi connectivity index (χ3v) is 3.77. The van der Waals surface area contributed by atoms with Gasteiger partial charge < -0.3 is 21.4 Å². The van der Waals surface area contributed by atoms with Gasteiger partial charge in [0.25, 0.3) is 0 Å². The maximum absolute atomic E-state index is 11.7. The summed E-state index contributed by atoms with van der Waals surface area (Å²) in [5.74, 6) is -0.410. The van der Waals surface area contributed by atoms with E-state index in [-0.39, 0.29) is 0 Å². The number of H-pyrrole nitrogens is 1. The Kier molecular flexibility index (Phi) is 3.69. The van der Waals surface area contributed by atoms with Crippen molar-refractivity contribution < 1.29 is 9.59 Å². The number of nitrogens with two attached hydrogens (primary N) is 2. The molecule has 1 heterocycles. The maximum Gasteiger partial charge on any atom is 0.249 e. The van der Waals surface area contributed by atoms with Crippen LogP contribution in [-0.4, -0.2) is 35.9 Å². The molecule has 0 unspecified atom stereocenters. The van der Waals surface area contributed by atoms with Crippen LogP contribution in [0.1, 0.15) is 20.7 Å². The van der Waals surface area contributed by atoms with Crippen molar-refractivity contribution in [1.82, 2.24) is 9.97 Å². The highest BCUT2D eigenvalue weighted by Gasteiger charge is 2.14. The predicted octanol–water partition coefficient (Wildman–Crippen LogP) is 1.49. The average molecular weight is 323 g/mol. The van der Waals surface area contributed by atoms with Crippen LogP contribution in [0.5, 0.6) is 0 Å². The van der Waals surface area contributed by atoms with E-state index in [1.165, 1.54) is 12.1 Å². The number of hydrogen-bond acceptors (Lipinski definition) is 4. The first-order valence-corrected chi connectivity index (χ1v) is 7.28. The molecule has 0 aliphatic carbocycles. The van der Waals surface area contributed by atoms with E-state index < -0.39 is 11.8 Å². The molecule has 2 aromatic carbocycles. The molecule has 0 saturated heterocycles. The zero-order chi connectivity index (χ0) is 17.4. The van der Waals surface area contributed by atoms with E-state index in [0.29, 0.717) is 16.7 Å². The Labute approximate surface area is 138 Å². The van der Waals surface area contributed by atoms with Gasteiger partial charge in [0, 0.05) is 25.2 Å². The molecule has 0 bridgehead atoms. The number of fused-ring (bicyclic) bond motifs is 1. The van der Waals surface area contributed by atoms with Gasteiger partial charge in [-0.05, 0) is 41.5 Å². The highest BCUT2D eigenvalue weighted by Crippen LogP contribution is 2.28. The highest BCUT2D eigenvalue weighted by atomic mass is 16.1. The zero-order valence-corrected chi connectivity index (χ0v) is 13.3. The minimum Gasteiger partial charge on any atom is -0.366 e. The summed E-state index contributed by atoms with van der Waals surface area (Å²) in [5.41, 5.74) is 14.3. The molecule has 0 atom stereocenters. The second kappa shape index (κ2) is 5.69. The number of anilines is 1. The lowest BCUT2D eigenvalue weighted by atomic mass is 9.96. The summed E-state index contributed by atoms with van der Waals surface area (Å²) in [4.78, 5) is 32.7. The minimum absolute atomic E-state index is 0.314. The first-order chi connectivity index (χ1) is 11.4. The Balaban J connectivity index is 2.19. The van der Waals surface area contributed by atoms with Crippen LogP contribution in [0, 0.1) is 0 Å². The van der Waals surface area contributed by atoms with Crippen molar-refractivity contribution in [1.29, 1.82) is 0 Å². The molecule has 122 valence electrons. The number of amides is 2. The SMILES string of the molecule is CN(C)c1nc2ccc(-c3cc(C(N)=O)ccc3C(N)=O)cc2[nH]1. The van der Waals surface area contributed by atoms with Crippen molar-refractivity contribution in [3.05, 3.63) is 47.5 Å². The molecular weight excluding hydrogens is 306 g/mol. The van der Waals surface area contributed by atoms with E-state index in [1.54, 1.807) is 6.07 Å². The van der Waals surface area contributed by atoms with Crippen LogP contribution in [-0.2, 0) is 0 Å². The van der Waals surface area contributed by atoms with Crippen LogP contribution in [0.2, 0.25) is 0 Å². The third-order valence-electron chi connectivity index (χ3n) is 3.77. The van der Waals surface area contributed by atoms with Gasteiger partial charge in [0.05, 0.1) is 11.0 Å². The fourth-order valence-electron chi connectivity index (χ4n) is 2.53. The molecular formula is C17H17N5O2. The number of benzene rings is 2. The zero-order valence-electron chi connectivity index (χ0n) is 13.3. The van der Waals surface area contributed by atoms with Gasteiger partial charge in [-0.3, -0.25) is 9.59 Å². The summed E-state index contributed by atoms with van der Waals surface area (Å²) in [5, 5.41) is 0. The minimum atomic E-state index is -0.570. The van der Waals surface area contributed by atoms with Crippen LogP contribution < -0.4 is 16.4 Å². The van der Waals surface area contributed by atoms with Gasteiger partial charge in [-0.25, -0.2) is 4.98 Å². The van der Waals surface area contributed by atoms with Crippen LogP contribution in [0.25, 0.3) is 22.2 Å². The van der Waals surface area contributed by atoms with Crippen molar-refractivity contribution >= 4 is 28.8 Å². The van der Waals surface area contributed by atoms with Crippen molar-refractivity contribution in [3.8, 4) is 11.1 Å². The first-order valence-electron chi connectivity index (χ1n) is 7.28. The number of imidazole rings is 1. The molecule has 1 aromatic heterocycles. The van der Waals surface area contributed by atoms with Crippen molar-refractivity contribution in [2.75, 3.05) is 19.0 Å². The predicted molar refractivity (Wildman–Crippen MR) is 92.9 cm³/mol. The third kappa shape index (κ3) is 2.67. The Morgan fingerprint density at radius 3 is 2.42 bits per heavy atom. The monoisotopic (exact) mass is 323 g/mol. The molecule has 3 aromatic rings. The first kappa shape index (κ1) is 15.5. The smallest absolute Gasteiger partial charge is 0.249 e. The Bertz CT molecular complexity index is 959. The lowest BCUT2D eigenvalue weighted by Gasteiger charge is -2.09. The van der Waals surface area contributed by atoms with Crippen LogP contribution >= 0.6 is 0 Å². The molecule has 0 saturated carbocycles. The second-order valence-electron chi connectivity index (χ2n) is 5.68. The molecule has 24 heavy (non-hydrogen) atoms. The molecule has 3 rings (SSSR count). The Hall–Kier alpha value is -3.35. The van der Waals surface area contributed by atoms with Gasteiger partial charge in [-0.15, -0.1) is 0 Å². The van der Waals surface area contributed by atoms with Gasteiger partial charge in [0.15, 0.2) is 0 Å². The summed E-state index contributed by atoms with van der Waals surface area (Å²) in [7, 11) is 3.78. The van der Waals surface area contributed by atoms with E-state index in [9.17, 15) is 9.59 Å². The van der Waals surface area contributed by atoms with Gasteiger partial charge in [0.1, 0.15) is 0 Å². The second-order valence-corrected chi connectivity index (χ2v) is 5.68. The standard InChI is InChI=1S/C17H17N5O2/c1-22(2)17-20-13-6-4-9(8-14(13)21-17)12-7-10(15(18)23)3-5-11(12)16(19)24/h3-8H,1-2H3,(H2,18,23)(H2,19,24)(H,20,21). The number of aromatic nitrogens is 2. The topological polar surface area (TPSA) is 118 Å². The van der Waals surface area contributed by atoms with Crippen LogP contribution in [0.15, 0.2) is 36.4 Å². The highest BCUT2D eigenvalue weighted by molar-refractivity contribution is 6.03. The molecule has 0 spiro atoms. The van der Waals surface area contributed by atoms with Gasteiger partial charge in [-0.1, -0.05) is 6.07 Å². The summed E-state index contributed by atoms with van der Waals surface area (Å²) >= 11 is 0. The van der Waals surface area contributed by atoms with Crippen LogP contribution in [0.3, 0.4) is 0 Å². The number of primary amides is 2. The largest absolute Gasteiger partial charge is 0.366 e. The molecule has 7 heteroatoms. The number of nitrogens with one attached hydrogen (secondary N) is 1. The number of carbonyl (C=O) groups is 2. The summed E-state index contributed by atoms with van der Waals surface area (Å²) in [6, 6.07) is 10.1. The fourth-order valence-corrected chi connectivity index (χ4v) is 2.53. The number of hydrogen-bond donors (Lipinski definition) is 3. The number of rotatable bonds is 4. The maximum atomic E-state index is 11.7. The molecule has 5 N–H and O–H groups in total. The van der Waals surface area contributed by atoms with E-state index in [2.05, 4.69) is 9.97 Å². The number of carbonyl (C=O) groups excluding carboxylic acids is 2. The molecule has 0 aliphatic rings. The lowest BCUT2D eigenvalue weighted by molar-refractivity contribution is 0.0989. The molecule has 0 aliphatic heterocycles. The molecule has 7 nitrogen and oxygen atoms in total. The number of aromatic amines is 1. The van der Waals surface area contributed by atoms with E-state index in [4.69, 9.17) is 11.5 Å². The lowest BCUT2D eigenvalue weighted by Crippen LogP contribution is -2.15. The Morgan fingerprint density at radius 1 is 1.04 bits per heavy atom. The van der Waals surface area contributed by atoms with Gasteiger partial charge in [0.2, 0.25) is 17.8 Å². The van der Waals surface area contributed by atoms with Gasteiger partial charge >= 0.3 is 0 Å². The van der Waals surface area contributed by atoms with E-state index >= 15 is 0 Å². The molecule has 2 amide bonds. The van der Waals surface area contributed by atoms with Crippen molar-refractivity contribution in [3.63, 3.8) is 0 Å². The van der Waals surface area contributed by atoms with Crippen molar-refractivity contribution in [2.24, 2.45) is 11.5 Å².